The second kappa shape index (κ2) is 18.5. The molecule has 158 valence electrons. The van der Waals surface area contributed by atoms with Crippen LogP contribution in [0.25, 0.3) is 0 Å². The first-order valence-electron chi connectivity index (χ1n) is 12.2. The zero-order valence-corrected chi connectivity index (χ0v) is 20.2. The van der Waals surface area contributed by atoms with E-state index in [9.17, 15) is 0 Å². The van der Waals surface area contributed by atoms with E-state index in [0.717, 1.165) is 0 Å². The van der Waals surface area contributed by atoms with Gasteiger partial charge in [0.2, 0.25) is 0 Å². The maximum atomic E-state index is 6.70. The highest BCUT2D eigenvalue weighted by atomic mass is 28.4. The lowest BCUT2D eigenvalue weighted by molar-refractivity contribution is 0.165. The molecule has 0 aliphatic rings. The van der Waals surface area contributed by atoms with E-state index in [1.54, 1.807) is 0 Å². The molecule has 0 N–H and O–H groups in total. The van der Waals surface area contributed by atoms with Crippen LogP contribution in [0.4, 0.5) is 0 Å². The van der Waals surface area contributed by atoms with E-state index in [-0.39, 0.29) is 0 Å². The maximum absolute atomic E-state index is 6.70. The van der Waals surface area contributed by atoms with E-state index in [1.807, 2.05) is 0 Å². The molecule has 0 spiro atoms. The summed E-state index contributed by atoms with van der Waals surface area (Å²) < 4.78 is 6.70. The van der Waals surface area contributed by atoms with Crippen molar-refractivity contribution in [3.63, 3.8) is 0 Å². The van der Waals surface area contributed by atoms with Crippen molar-refractivity contribution in [3.8, 4) is 0 Å². The number of hydrogen-bond donors (Lipinski definition) is 0. The Morgan fingerprint density at radius 1 is 0.538 bits per heavy atom. The van der Waals surface area contributed by atoms with Crippen molar-refractivity contribution in [3.05, 3.63) is 0 Å². The summed E-state index contributed by atoms with van der Waals surface area (Å²) in [6.45, 7) is 11.8. The van der Waals surface area contributed by atoms with Gasteiger partial charge in [-0.1, -0.05) is 117 Å². The second-order valence-electron chi connectivity index (χ2n) is 9.07. The first-order valence-corrected chi connectivity index (χ1v) is 15.3. The lowest BCUT2D eigenvalue weighted by Crippen LogP contribution is -2.35. The predicted octanol–water partition coefficient (Wildman–Crippen LogP) is 9.27. The van der Waals surface area contributed by atoms with E-state index >= 15 is 0 Å². The van der Waals surface area contributed by atoms with E-state index in [0.29, 0.717) is 6.10 Å². The summed E-state index contributed by atoms with van der Waals surface area (Å²) in [5.41, 5.74) is 0. The third kappa shape index (κ3) is 17.6. The fourth-order valence-corrected chi connectivity index (χ4v) is 6.29. The maximum Gasteiger partial charge on any atom is 0.187 e. The van der Waals surface area contributed by atoms with Crippen molar-refractivity contribution in [1.29, 1.82) is 0 Å². The largest absolute Gasteiger partial charge is 0.414 e. The Morgan fingerprint density at radius 2 is 1.00 bits per heavy atom. The quantitative estimate of drug-likeness (QED) is 0.150. The average Bonchev–Trinajstić information content (AvgIpc) is 2.60. The zero-order chi connectivity index (χ0) is 19.5. The lowest BCUT2D eigenvalue weighted by Gasteiger charge is -2.29. The van der Waals surface area contributed by atoms with Crippen molar-refractivity contribution in [2.45, 2.75) is 155 Å². The van der Waals surface area contributed by atoms with Crippen LogP contribution in [0.3, 0.4) is 0 Å². The first kappa shape index (κ1) is 26.2. The minimum absolute atomic E-state index is 0.543. The Morgan fingerprint density at radius 3 is 1.50 bits per heavy atom. The standard InChI is InChI=1S/C24H52OSi/c1-6-9-11-13-15-16-17-19-22-24(21-8-3)25-26(4,5)23-20-18-14-12-10-7-2/h24H,6-23H2,1-5H3. The van der Waals surface area contributed by atoms with Crippen LogP contribution >= 0.6 is 0 Å². The van der Waals surface area contributed by atoms with Gasteiger partial charge in [-0.3, -0.25) is 0 Å². The topological polar surface area (TPSA) is 9.23 Å². The minimum atomic E-state index is -1.46. The molecule has 0 saturated carbocycles. The number of hydrogen-bond acceptors (Lipinski definition) is 1. The molecule has 0 bridgehead atoms. The van der Waals surface area contributed by atoms with Crippen molar-refractivity contribution in [1.82, 2.24) is 0 Å². The Labute approximate surface area is 168 Å². The molecule has 26 heavy (non-hydrogen) atoms. The van der Waals surface area contributed by atoms with Crippen LogP contribution in [0, 0.1) is 0 Å². The highest BCUT2D eigenvalue weighted by molar-refractivity contribution is 6.71. The van der Waals surface area contributed by atoms with Crippen LogP contribution < -0.4 is 0 Å². The summed E-state index contributed by atoms with van der Waals surface area (Å²) in [6.07, 6.45) is 24.1. The molecule has 0 amide bonds. The molecule has 1 atom stereocenters. The van der Waals surface area contributed by atoms with Crippen LogP contribution in [0.1, 0.15) is 130 Å². The Bertz CT molecular complexity index is 277. The van der Waals surface area contributed by atoms with E-state index in [2.05, 4.69) is 33.9 Å². The number of rotatable bonds is 20. The van der Waals surface area contributed by atoms with Gasteiger partial charge in [0.15, 0.2) is 8.32 Å². The minimum Gasteiger partial charge on any atom is -0.414 e. The molecule has 1 unspecified atom stereocenters. The van der Waals surface area contributed by atoms with Gasteiger partial charge in [-0.15, -0.1) is 0 Å². The van der Waals surface area contributed by atoms with E-state index in [4.69, 9.17) is 4.43 Å². The van der Waals surface area contributed by atoms with Gasteiger partial charge in [0, 0.05) is 6.10 Å². The normalized spacial score (nSPS) is 13.3. The third-order valence-corrected chi connectivity index (χ3v) is 8.14. The molecular weight excluding hydrogens is 332 g/mol. The SMILES string of the molecule is CCCCCCCCCCC(CCC)O[Si](C)(C)CCCCCCCC. The molecule has 0 rings (SSSR count). The molecule has 1 nitrogen and oxygen atoms in total. The summed E-state index contributed by atoms with van der Waals surface area (Å²) in [5.74, 6) is 0. The van der Waals surface area contributed by atoms with Gasteiger partial charge in [-0.05, 0) is 32.0 Å². The molecule has 0 aromatic rings. The monoisotopic (exact) mass is 384 g/mol. The summed E-state index contributed by atoms with van der Waals surface area (Å²) in [5, 5.41) is 0. The fourth-order valence-electron chi connectivity index (χ4n) is 3.93. The molecule has 0 aromatic heterocycles. The second-order valence-corrected chi connectivity index (χ2v) is 13.3. The molecule has 0 fully saturated rings. The van der Waals surface area contributed by atoms with Crippen molar-refractivity contribution in [2.24, 2.45) is 0 Å². The van der Waals surface area contributed by atoms with E-state index in [1.165, 1.54) is 115 Å². The Kier molecular flexibility index (Phi) is 18.7. The summed E-state index contributed by atoms with van der Waals surface area (Å²) >= 11 is 0. The van der Waals surface area contributed by atoms with Crippen LogP contribution in [-0.4, -0.2) is 14.4 Å². The molecule has 0 aliphatic carbocycles. The highest BCUT2D eigenvalue weighted by Gasteiger charge is 2.25. The number of unbranched alkanes of at least 4 members (excludes halogenated alkanes) is 12. The van der Waals surface area contributed by atoms with Crippen LogP contribution in [0.15, 0.2) is 0 Å². The first-order chi connectivity index (χ1) is 12.6. The molecule has 0 radical (unpaired) electrons. The van der Waals surface area contributed by atoms with E-state index < -0.39 is 8.32 Å². The van der Waals surface area contributed by atoms with Crippen LogP contribution in [0.5, 0.6) is 0 Å². The predicted molar refractivity (Wildman–Crippen MR) is 123 cm³/mol. The summed E-state index contributed by atoms with van der Waals surface area (Å²) in [6, 6.07) is 1.36. The molecule has 0 heterocycles. The molecule has 0 aromatic carbocycles. The van der Waals surface area contributed by atoms with Gasteiger partial charge in [0.25, 0.3) is 0 Å². The van der Waals surface area contributed by atoms with Gasteiger partial charge in [-0.25, -0.2) is 0 Å². The van der Waals surface area contributed by atoms with Gasteiger partial charge >= 0.3 is 0 Å². The van der Waals surface area contributed by atoms with Crippen molar-refractivity contribution < 1.29 is 4.43 Å². The van der Waals surface area contributed by atoms with Crippen molar-refractivity contribution in [2.75, 3.05) is 0 Å². The fraction of sp³-hybridized carbons (Fsp3) is 1.00. The van der Waals surface area contributed by atoms with Crippen LogP contribution in [-0.2, 0) is 4.43 Å². The highest BCUT2D eigenvalue weighted by Crippen LogP contribution is 2.23. The zero-order valence-electron chi connectivity index (χ0n) is 19.2. The smallest absolute Gasteiger partial charge is 0.187 e. The average molecular weight is 385 g/mol. The van der Waals surface area contributed by atoms with Gasteiger partial charge in [-0.2, -0.15) is 0 Å². The molecular formula is C24H52OSi. The third-order valence-electron chi connectivity index (χ3n) is 5.61. The molecule has 0 saturated heterocycles. The van der Waals surface area contributed by atoms with Gasteiger partial charge in [0.1, 0.15) is 0 Å². The van der Waals surface area contributed by atoms with Gasteiger partial charge < -0.3 is 4.43 Å². The Balaban J connectivity index is 3.85. The Hall–Kier alpha value is 0.177. The lowest BCUT2D eigenvalue weighted by atomic mass is 10.0. The summed E-state index contributed by atoms with van der Waals surface area (Å²) in [7, 11) is -1.46. The van der Waals surface area contributed by atoms with Crippen molar-refractivity contribution >= 4 is 8.32 Å². The van der Waals surface area contributed by atoms with Crippen LogP contribution in [0.2, 0.25) is 19.1 Å². The summed E-state index contributed by atoms with van der Waals surface area (Å²) in [4.78, 5) is 0. The molecule has 2 heteroatoms. The van der Waals surface area contributed by atoms with Gasteiger partial charge in [0.05, 0.1) is 0 Å². The molecule has 0 aliphatic heterocycles.